The largest absolute Gasteiger partial charge is 0.339 e. The molecule has 1 saturated carbocycles. The molecule has 0 aromatic carbocycles. The number of aromatic nitrogens is 1. The standard InChI is InChI=1S/C17H28N4OS.2ClH/c1-2-15-19-14(13-23-15)12-20-8-10-21(11-9-20)16(22)17(18)6-4-3-5-7-17;;/h13H,2-12,18H2,1H3;2*1H. The number of hydrogen-bond acceptors (Lipinski definition) is 5. The van der Waals surface area contributed by atoms with Crippen LogP contribution in [0.25, 0.3) is 0 Å². The highest BCUT2D eigenvalue weighted by molar-refractivity contribution is 7.09. The second-order valence-electron chi connectivity index (χ2n) is 6.87. The minimum Gasteiger partial charge on any atom is -0.339 e. The summed E-state index contributed by atoms with van der Waals surface area (Å²) in [5.41, 5.74) is 6.97. The molecular formula is C17H30Cl2N4OS. The van der Waals surface area contributed by atoms with Crippen molar-refractivity contribution in [2.75, 3.05) is 26.2 Å². The van der Waals surface area contributed by atoms with Crippen LogP contribution in [0.5, 0.6) is 0 Å². The first-order chi connectivity index (χ1) is 11.1. The number of piperazine rings is 1. The van der Waals surface area contributed by atoms with Crippen LogP contribution in [0.4, 0.5) is 0 Å². The molecule has 1 aliphatic heterocycles. The molecule has 0 bridgehead atoms. The summed E-state index contributed by atoms with van der Waals surface area (Å²) >= 11 is 1.74. The van der Waals surface area contributed by atoms with E-state index < -0.39 is 5.54 Å². The third-order valence-electron chi connectivity index (χ3n) is 5.12. The van der Waals surface area contributed by atoms with E-state index in [2.05, 4.69) is 22.2 Å². The normalized spacial score (nSPS) is 20.5. The lowest BCUT2D eigenvalue weighted by Crippen LogP contribution is -2.60. The fourth-order valence-corrected chi connectivity index (χ4v) is 4.37. The minimum atomic E-state index is -0.592. The van der Waals surface area contributed by atoms with Gasteiger partial charge in [0, 0.05) is 38.1 Å². The molecule has 2 N–H and O–H groups in total. The van der Waals surface area contributed by atoms with E-state index in [1.54, 1.807) is 11.3 Å². The quantitative estimate of drug-likeness (QED) is 0.831. The van der Waals surface area contributed by atoms with E-state index in [-0.39, 0.29) is 30.7 Å². The topological polar surface area (TPSA) is 62.5 Å². The van der Waals surface area contributed by atoms with Gasteiger partial charge in [-0.2, -0.15) is 0 Å². The van der Waals surface area contributed by atoms with Crippen molar-refractivity contribution in [3.63, 3.8) is 0 Å². The second kappa shape index (κ2) is 10.1. The van der Waals surface area contributed by atoms with Gasteiger partial charge in [0.15, 0.2) is 0 Å². The zero-order valence-electron chi connectivity index (χ0n) is 14.9. The van der Waals surface area contributed by atoms with Crippen LogP contribution in [0.2, 0.25) is 0 Å². The molecule has 5 nitrogen and oxygen atoms in total. The third kappa shape index (κ3) is 5.54. The van der Waals surface area contributed by atoms with Crippen molar-refractivity contribution in [2.45, 2.75) is 57.5 Å². The van der Waals surface area contributed by atoms with Gasteiger partial charge in [-0.15, -0.1) is 36.2 Å². The molecule has 2 heterocycles. The summed E-state index contributed by atoms with van der Waals surface area (Å²) < 4.78 is 0. The number of nitrogens with zero attached hydrogens (tertiary/aromatic N) is 3. The van der Waals surface area contributed by atoms with E-state index in [0.717, 1.165) is 70.5 Å². The number of nitrogens with two attached hydrogens (primary N) is 1. The number of hydrogen-bond donors (Lipinski definition) is 1. The van der Waals surface area contributed by atoms with Crippen molar-refractivity contribution in [3.05, 3.63) is 16.1 Å². The Morgan fingerprint density at radius 2 is 1.84 bits per heavy atom. The molecule has 1 saturated heterocycles. The summed E-state index contributed by atoms with van der Waals surface area (Å²) in [4.78, 5) is 21.8. The van der Waals surface area contributed by atoms with Gasteiger partial charge in [-0.3, -0.25) is 9.69 Å². The van der Waals surface area contributed by atoms with Gasteiger partial charge in [-0.1, -0.05) is 26.2 Å². The van der Waals surface area contributed by atoms with Gasteiger partial charge in [0.25, 0.3) is 0 Å². The molecule has 144 valence electrons. The van der Waals surface area contributed by atoms with Gasteiger partial charge < -0.3 is 10.6 Å². The number of thiazole rings is 1. The summed E-state index contributed by atoms with van der Waals surface area (Å²) in [6.45, 7) is 6.46. The fraction of sp³-hybridized carbons (Fsp3) is 0.765. The molecule has 1 aliphatic carbocycles. The van der Waals surface area contributed by atoms with Gasteiger partial charge in [0.2, 0.25) is 5.91 Å². The van der Waals surface area contributed by atoms with Crippen LogP contribution in [0.1, 0.15) is 49.7 Å². The summed E-state index contributed by atoms with van der Waals surface area (Å²) in [5, 5.41) is 3.36. The first kappa shape index (κ1) is 22.6. The van der Waals surface area contributed by atoms with Crippen LogP contribution >= 0.6 is 36.2 Å². The molecule has 3 rings (SSSR count). The third-order valence-corrected chi connectivity index (χ3v) is 6.16. The number of halogens is 2. The Morgan fingerprint density at radius 1 is 1.20 bits per heavy atom. The smallest absolute Gasteiger partial charge is 0.242 e. The first-order valence-electron chi connectivity index (χ1n) is 8.84. The van der Waals surface area contributed by atoms with Crippen molar-refractivity contribution in [2.24, 2.45) is 5.73 Å². The van der Waals surface area contributed by atoms with Crippen LogP contribution in [-0.4, -0.2) is 52.4 Å². The molecule has 1 aromatic rings. The molecule has 2 fully saturated rings. The number of aryl methyl sites for hydroxylation is 1. The molecule has 1 amide bonds. The molecule has 0 radical (unpaired) electrons. The van der Waals surface area contributed by atoms with Crippen LogP contribution in [0.15, 0.2) is 5.38 Å². The monoisotopic (exact) mass is 408 g/mol. The summed E-state index contributed by atoms with van der Waals surface area (Å²) in [7, 11) is 0. The Balaban J connectivity index is 0.00000156. The maximum atomic E-state index is 12.8. The van der Waals surface area contributed by atoms with E-state index in [1.807, 2.05) is 4.90 Å². The molecule has 25 heavy (non-hydrogen) atoms. The van der Waals surface area contributed by atoms with Crippen molar-refractivity contribution in [1.29, 1.82) is 0 Å². The number of amides is 1. The molecule has 1 aromatic heterocycles. The fourth-order valence-electron chi connectivity index (χ4n) is 3.63. The predicted octanol–water partition coefficient (Wildman–Crippen LogP) is 2.85. The Kier molecular flexibility index (Phi) is 9.12. The number of carbonyl (C=O) groups excluding carboxylic acids is 1. The lowest BCUT2D eigenvalue weighted by molar-refractivity contribution is -0.140. The SMILES string of the molecule is CCc1nc(CN2CCN(C(=O)C3(N)CCCCC3)CC2)cs1.Cl.Cl. The lowest BCUT2D eigenvalue weighted by Gasteiger charge is -2.40. The van der Waals surface area contributed by atoms with Crippen LogP contribution < -0.4 is 5.73 Å². The van der Waals surface area contributed by atoms with E-state index in [4.69, 9.17) is 5.73 Å². The van der Waals surface area contributed by atoms with E-state index in [1.165, 1.54) is 11.4 Å². The summed E-state index contributed by atoms with van der Waals surface area (Å²) in [5.74, 6) is 0.179. The highest BCUT2D eigenvalue weighted by Crippen LogP contribution is 2.28. The van der Waals surface area contributed by atoms with Crippen LogP contribution in [-0.2, 0) is 17.8 Å². The minimum absolute atomic E-state index is 0. The van der Waals surface area contributed by atoms with Gasteiger partial charge in [-0.25, -0.2) is 4.98 Å². The van der Waals surface area contributed by atoms with Crippen molar-refractivity contribution in [1.82, 2.24) is 14.8 Å². The van der Waals surface area contributed by atoms with Gasteiger partial charge in [0.05, 0.1) is 16.2 Å². The zero-order chi connectivity index (χ0) is 16.3. The Hall–Kier alpha value is -0.400. The molecule has 8 heteroatoms. The van der Waals surface area contributed by atoms with E-state index in [9.17, 15) is 4.79 Å². The van der Waals surface area contributed by atoms with Crippen LogP contribution in [0, 0.1) is 0 Å². The van der Waals surface area contributed by atoms with Crippen molar-refractivity contribution in [3.8, 4) is 0 Å². The molecule has 0 unspecified atom stereocenters. The highest BCUT2D eigenvalue weighted by Gasteiger charge is 2.39. The Morgan fingerprint density at radius 3 is 2.40 bits per heavy atom. The second-order valence-corrected chi connectivity index (χ2v) is 7.81. The molecular weight excluding hydrogens is 379 g/mol. The van der Waals surface area contributed by atoms with E-state index >= 15 is 0 Å². The summed E-state index contributed by atoms with van der Waals surface area (Å²) in [6.07, 6.45) is 6.10. The Labute approximate surface area is 167 Å². The van der Waals surface area contributed by atoms with Gasteiger partial charge in [0.1, 0.15) is 0 Å². The van der Waals surface area contributed by atoms with Crippen molar-refractivity contribution >= 4 is 42.1 Å². The predicted molar refractivity (Wildman–Crippen MR) is 108 cm³/mol. The molecule has 2 aliphatic rings. The maximum absolute atomic E-state index is 12.8. The van der Waals surface area contributed by atoms with Gasteiger partial charge >= 0.3 is 0 Å². The summed E-state index contributed by atoms with van der Waals surface area (Å²) in [6, 6.07) is 0. The Bertz CT molecular complexity index is 541. The zero-order valence-corrected chi connectivity index (χ0v) is 17.4. The lowest BCUT2D eigenvalue weighted by atomic mass is 9.81. The highest BCUT2D eigenvalue weighted by atomic mass is 35.5. The molecule has 0 spiro atoms. The van der Waals surface area contributed by atoms with Crippen LogP contribution in [0.3, 0.4) is 0 Å². The maximum Gasteiger partial charge on any atom is 0.242 e. The van der Waals surface area contributed by atoms with Crippen molar-refractivity contribution < 1.29 is 4.79 Å². The first-order valence-corrected chi connectivity index (χ1v) is 9.72. The average Bonchev–Trinajstić information content (AvgIpc) is 3.03. The number of rotatable bonds is 4. The average molecular weight is 409 g/mol. The number of carbonyl (C=O) groups is 1. The molecule has 0 atom stereocenters. The van der Waals surface area contributed by atoms with E-state index in [0.29, 0.717) is 0 Å². The van der Waals surface area contributed by atoms with Gasteiger partial charge in [-0.05, 0) is 19.3 Å².